The van der Waals surface area contributed by atoms with E-state index in [0.717, 1.165) is 0 Å². The summed E-state index contributed by atoms with van der Waals surface area (Å²) in [6.45, 7) is 4.37. The second-order valence-corrected chi connectivity index (χ2v) is 2.57. The van der Waals surface area contributed by atoms with Crippen LogP contribution in [0.25, 0.3) is 0 Å². The molecular weight excluding hydrogens is 124 g/mol. The van der Waals surface area contributed by atoms with Crippen LogP contribution in [0.15, 0.2) is 12.4 Å². The molecule has 1 aromatic rings. The maximum Gasteiger partial charge on any atom is 0.176 e. The molecule has 0 aliphatic rings. The lowest BCUT2D eigenvalue weighted by molar-refractivity contribution is 0.497. The normalized spacial score (nSPS) is 13.4. The molecule has 2 nitrogen and oxygen atoms in total. The summed E-state index contributed by atoms with van der Waals surface area (Å²) in [5.74, 6) is 0. The first-order valence-corrected chi connectivity index (χ1v) is 3.75. The minimum Gasteiger partial charge on any atom is -0.326 e. The van der Waals surface area contributed by atoms with Crippen LogP contribution in [0.3, 0.4) is 0 Å². The van der Waals surface area contributed by atoms with E-state index in [9.17, 15) is 0 Å². The zero-order valence-electron chi connectivity index (χ0n) is 6.54. The first-order chi connectivity index (χ1) is 4.84. The molecule has 0 aliphatic heterocycles. The third kappa shape index (κ3) is 1.59. The van der Waals surface area contributed by atoms with Gasteiger partial charge in [-0.1, -0.05) is 13.3 Å². The molecule has 0 spiro atoms. The van der Waals surface area contributed by atoms with Gasteiger partial charge >= 0.3 is 0 Å². The van der Waals surface area contributed by atoms with E-state index in [-0.39, 0.29) is 0 Å². The van der Waals surface area contributed by atoms with E-state index in [2.05, 4.69) is 25.2 Å². The van der Waals surface area contributed by atoms with Gasteiger partial charge in [0.2, 0.25) is 0 Å². The van der Waals surface area contributed by atoms with Gasteiger partial charge in [-0.2, -0.15) is 0 Å². The lowest BCUT2D eigenvalue weighted by Gasteiger charge is -2.09. The second-order valence-electron chi connectivity index (χ2n) is 2.57. The van der Waals surface area contributed by atoms with E-state index >= 15 is 0 Å². The van der Waals surface area contributed by atoms with Crippen molar-refractivity contribution in [2.45, 2.75) is 32.7 Å². The van der Waals surface area contributed by atoms with Crippen molar-refractivity contribution in [2.75, 3.05) is 0 Å². The standard InChI is InChI=1S/C8H13N2/c1-3-4-8(2)10-6-5-9-7-10/h5-6,8H,3-4H2,1-2H3. The number of aromatic nitrogens is 2. The molecule has 1 aromatic heterocycles. The average Bonchev–Trinajstić information content (AvgIpc) is 2.38. The zero-order chi connectivity index (χ0) is 7.40. The largest absolute Gasteiger partial charge is 0.326 e. The molecule has 0 aliphatic carbocycles. The van der Waals surface area contributed by atoms with Crippen molar-refractivity contribution in [1.29, 1.82) is 0 Å². The Morgan fingerprint density at radius 1 is 1.70 bits per heavy atom. The fourth-order valence-electron chi connectivity index (χ4n) is 1.04. The monoisotopic (exact) mass is 137 g/mol. The Kier molecular flexibility index (Phi) is 2.49. The van der Waals surface area contributed by atoms with Gasteiger partial charge in [-0.3, -0.25) is 0 Å². The van der Waals surface area contributed by atoms with E-state index in [1.165, 1.54) is 12.8 Å². The SMILES string of the molecule is CCCC(C)n1[c]ncc1. The van der Waals surface area contributed by atoms with Gasteiger partial charge in [0, 0.05) is 18.4 Å². The summed E-state index contributed by atoms with van der Waals surface area (Å²) in [5, 5.41) is 0. The van der Waals surface area contributed by atoms with Gasteiger partial charge in [-0.15, -0.1) is 0 Å². The zero-order valence-corrected chi connectivity index (χ0v) is 6.54. The maximum atomic E-state index is 3.86. The summed E-state index contributed by atoms with van der Waals surface area (Å²) in [6, 6.07) is 0.549. The predicted octanol–water partition coefficient (Wildman–Crippen LogP) is 2.04. The van der Waals surface area contributed by atoms with Gasteiger partial charge in [0.05, 0.1) is 0 Å². The van der Waals surface area contributed by atoms with Crippen LogP contribution in [-0.2, 0) is 0 Å². The van der Waals surface area contributed by atoms with Gasteiger partial charge < -0.3 is 4.57 Å². The van der Waals surface area contributed by atoms with Gasteiger partial charge in [0.25, 0.3) is 0 Å². The molecule has 1 rings (SSSR count). The lowest BCUT2D eigenvalue weighted by atomic mass is 10.2. The van der Waals surface area contributed by atoms with Crippen molar-refractivity contribution in [1.82, 2.24) is 9.55 Å². The van der Waals surface area contributed by atoms with Crippen LogP contribution in [0.1, 0.15) is 32.7 Å². The average molecular weight is 137 g/mol. The van der Waals surface area contributed by atoms with Crippen LogP contribution in [0, 0.1) is 6.33 Å². The Balaban J connectivity index is 2.50. The first kappa shape index (κ1) is 7.32. The number of imidazole rings is 1. The molecule has 0 amide bonds. The quantitative estimate of drug-likeness (QED) is 0.623. The van der Waals surface area contributed by atoms with Crippen molar-refractivity contribution in [3.8, 4) is 0 Å². The summed E-state index contributed by atoms with van der Waals surface area (Å²) < 4.78 is 2.02. The summed E-state index contributed by atoms with van der Waals surface area (Å²) in [7, 11) is 0. The van der Waals surface area contributed by atoms with E-state index in [1.54, 1.807) is 6.20 Å². The van der Waals surface area contributed by atoms with Gasteiger partial charge in [0.1, 0.15) is 0 Å². The molecule has 10 heavy (non-hydrogen) atoms. The molecule has 1 radical (unpaired) electrons. The highest BCUT2D eigenvalue weighted by atomic mass is 15.0. The fraction of sp³-hybridized carbons (Fsp3) is 0.625. The Morgan fingerprint density at radius 2 is 2.50 bits per heavy atom. The second kappa shape index (κ2) is 3.40. The molecular formula is C8H13N2. The minimum absolute atomic E-state index is 0.549. The summed E-state index contributed by atoms with van der Waals surface area (Å²) >= 11 is 0. The molecule has 0 saturated carbocycles. The van der Waals surface area contributed by atoms with Crippen molar-refractivity contribution in [3.63, 3.8) is 0 Å². The number of hydrogen-bond donors (Lipinski definition) is 0. The van der Waals surface area contributed by atoms with Crippen LogP contribution >= 0.6 is 0 Å². The molecule has 1 unspecified atom stereocenters. The van der Waals surface area contributed by atoms with Gasteiger partial charge in [0.15, 0.2) is 6.33 Å². The molecule has 0 bridgehead atoms. The van der Waals surface area contributed by atoms with Crippen molar-refractivity contribution < 1.29 is 0 Å². The molecule has 0 N–H and O–H groups in total. The highest BCUT2D eigenvalue weighted by molar-refractivity contribution is 4.76. The highest BCUT2D eigenvalue weighted by Gasteiger charge is 2.00. The van der Waals surface area contributed by atoms with Crippen molar-refractivity contribution >= 4 is 0 Å². The summed E-state index contributed by atoms with van der Waals surface area (Å²) in [4.78, 5) is 3.86. The van der Waals surface area contributed by atoms with E-state index < -0.39 is 0 Å². The minimum atomic E-state index is 0.549. The van der Waals surface area contributed by atoms with Crippen molar-refractivity contribution in [2.24, 2.45) is 0 Å². The van der Waals surface area contributed by atoms with E-state index in [0.29, 0.717) is 6.04 Å². The molecule has 0 aromatic carbocycles. The molecule has 1 atom stereocenters. The summed E-state index contributed by atoms with van der Waals surface area (Å²) in [5.41, 5.74) is 0. The van der Waals surface area contributed by atoms with Crippen LogP contribution in [0.2, 0.25) is 0 Å². The molecule has 1 heterocycles. The number of rotatable bonds is 3. The first-order valence-electron chi connectivity index (χ1n) is 3.75. The highest BCUT2D eigenvalue weighted by Crippen LogP contribution is 2.10. The number of hydrogen-bond acceptors (Lipinski definition) is 1. The van der Waals surface area contributed by atoms with Gasteiger partial charge in [-0.05, 0) is 13.3 Å². The van der Waals surface area contributed by atoms with Crippen LogP contribution in [-0.4, -0.2) is 9.55 Å². The molecule has 2 heteroatoms. The maximum absolute atomic E-state index is 3.86. The van der Waals surface area contributed by atoms with Crippen LogP contribution in [0.4, 0.5) is 0 Å². The molecule has 0 fully saturated rings. The predicted molar refractivity (Wildman–Crippen MR) is 40.7 cm³/mol. The van der Waals surface area contributed by atoms with Crippen LogP contribution in [0.5, 0.6) is 0 Å². The van der Waals surface area contributed by atoms with E-state index in [1.807, 2.05) is 10.8 Å². The Bertz CT molecular complexity index is 167. The van der Waals surface area contributed by atoms with Crippen LogP contribution < -0.4 is 0 Å². The Labute approximate surface area is 61.9 Å². The molecule has 55 valence electrons. The molecule has 0 saturated heterocycles. The smallest absolute Gasteiger partial charge is 0.176 e. The lowest BCUT2D eigenvalue weighted by Crippen LogP contribution is -2.01. The third-order valence-electron chi connectivity index (χ3n) is 1.66. The Hall–Kier alpha value is -0.790. The topological polar surface area (TPSA) is 17.8 Å². The summed E-state index contributed by atoms with van der Waals surface area (Å²) in [6.07, 6.45) is 9.03. The number of nitrogens with zero attached hydrogens (tertiary/aromatic N) is 2. The van der Waals surface area contributed by atoms with Crippen molar-refractivity contribution in [3.05, 3.63) is 18.7 Å². The van der Waals surface area contributed by atoms with E-state index in [4.69, 9.17) is 0 Å². The Morgan fingerprint density at radius 3 is 3.00 bits per heavy atom. The fourth-order valence-corrected chi connectivity index (χ4v) is 1.04. The van der Waals surface area contributed by atoms with Gasteiger partial charge in [-0.25, -0.2) is 4.98 Å². The third-order valence-corrected chi connectivity index (χ3v) is 1.66.